The zero-order valence-electron chi connectivity index (χ0n) is 16.0. The monoisotopic (exact) mass is 418 g/mol. The van der Waals surface area contributed by atoms with E-state index in [2.05, 4.69) is 10.1 Å². The van der Waals surface area contributed by atoms with Crippen molar-refractivity contribution in [3.8, 4) is 0 Å². The third kappa shape index (κ3) is 5.38. The summed E-state index contributed by atoms with van der Waals surface area (Å²) in [5.74, 6) is 0.0824. The first-order valence-corrected chi connectivity index (χ1v) is 10.8. The van der Waals surface area contributed by atoms with Crippen LogP contribution < -0.4 is 10.8 Å². The van der Waals surface area contributed by atoms with Gasteiger partial charge in [0.25, 0.3) is 0 Å². The lowest BCUT2D eigenvalue weighted by Crippen LogP contribution is -2.31. The van der Waals surface area contributed by atoms with Gasteiger partial charge in [0.15, 0.2) is 12.5 Å². The Morgan fingerprint density at radius 1 is 1.39 bits per heavy atom. The van der Waals surface area contributed by atoms with E-state index >= 15 is 0 Å². The third-order valence-electron chi connectivity index (χ3n) is 4.47. The smallest absolute Gasteiger partial charge is 0.391 e. The molecule has 3 heterocycles. The van der Waals surface area contributed by atoms with Crippen LogP contribution in [0.1, 0.15) is 31.9 Å². The van der Waals surface area contributed by atoms with Gasteiger partial charge in [0.2, 0.25) is 0 Å². The van der Waals surface area contributed by atoms with Crippen LogP contribution in [0.3, 0.4) is 0 Å². The number of aliphatic hydroxyl groups is 1. The molecule has 2 aliphatic heterocycles. The number of rotatable bonds is 5. The fourth-order valence-corrected chi connectivity index (χ4v) is 4.52. The molecule has 2 saturated heterocycles. The van der Waals surface area contributed by atoms with Gasteiger partial charge in [-0.25, -0.2) is 9.36 Å². The number of nitrogens with one attached hydrogen (secondary N) is 1. The highest BCUT2D eigenvalue weighted by Crippen LogP contribution is 2.50. The number of hydrogen-bond acceptors (Lipinski definition) is 9. The van der Waals surface area contributed by atoms with Gasteiger partial charge in [0.1, 0.15) is 12.0 Å². The van der Waals surface area contributed by atoms with Crippen LogP contribution in [0.15, 0.2) is 17.1 Å². The molecular weight excluding hydrogens is 391 g/mol. The summed E-state index contributed by atoms with van der Waals surface area (Å²) in [5.41, 5.74) is -0.614. The van der Waals surface area contributed by atoms with E-state index in [0.29, 0.717) is 0 Å². The van der Waals surface area contributed by atoms with Gasteiger partial charge in [-0.05, 0) is 39.4 Å². The van der Waals surface area contributed by atoms with Crippen LogP contribution in [0.5, 0.6) is 0 Å². The predicted molar refractivity (Wildman–Crippen MR) is 99.7 cm³/mol. The van der Waals surface area contributed by atoms with Gasteiger partial charge < -0.3 is 14.6 Å². The maximum absolute atomic E-state index is 13.2. The molecule has 3 rings (SSSR count). The molecule has 0 saturated carbocycles. The average molecular weight is 418 g/mol. The Bertz CT molecular complexity index is 759. The van der Waals surface area contributed by atoms with Gasteiger partial charge in [-0.3, -0.25) is 23.6 Å². The second-order valence-electron chi connectivity index (χ2n) is 6.85. The third-order valence-corrected chi connectivity index (χ3v) is 6.01. The molecule has 4 unspecified atom stereocenters. The lowest BCUT2D eigenvalue weighted by atomic mass is 10.2. The molecule has 1 aromatic heterocycles. The summed E-state index contributed by atoms with van der Waals surface area (Å²) in [4.78, 5) is 18.1. The number of nitrogens with zero attached hydrogens (tertiary/aromatic N) is 3. The summed E-state index contributed by atoms with van der Waals surface area (Å²) in [6.07, 6.45) is 3.02. The molecule has 0 radical (unpaired) electrons. The Labute approximate surface area is 163 Å². The topological polar surface area (TPSA) is 124 Å². The minimum absolute atomic E-state index is 0.0824. The molecular formula is C16H27N4O7P. The highest BCUT2D eigenvalue weighted by atomic mass is 31.2. The maximum Gasteiger partial charge on any atom is 0.435 e. The van der Waals surface area contributed by atoms with E-state index in [1.807, 2.05) is 19.0 Å². The Morgan fingerprint density at radius 3 is 2.89 bits per heavy atom. The van der Waals surface area contributed by atoms with Gasteiger partial charge in [-0.1, -0.05) is 6.42 Å². The molecule has 2 aliphatic rings. The molecule has 12 heteroatoms. The number of hydrogen-bond donors (Lipinski definition) is 2. The molecule has 0 amide bonds. The first-order chi connectivity index (χ1) is 13.4. The first kappa shape index (κ1) is 21.4. The summed E-state index contributed by atoms with van der Waals surface area (Å²) < 4.78 is 36.3. The van der Waals surface area contributed by atoms with Crippen LogP contribution in [-0.2, 0) is 23.1 Å². The van der Waals surface area contributed by atoms with E-state index < -0.39 is 26.0 Å². The lowest BCUT2D eigenvalue weighted by molar-refractivity contribution is -0.0992. The molecule has 4 atom stereocenters. The van der Waals surface area contributed by atoms with Crippen LogP contribution in [-0.4, -0.2) is 66.0 Å². The number of aromatic nitrogens is 2. The number of ether oxygens (including phenoxy) is 2. The zero-order valence-corrected chi connectivity index (χ0v) is 16.9. The van der Waals surface area contributed by atoms with Crippen LogP contribution in [0.2, 0.25) is 0 Å². The van der Waals surface area contributed by atoms with Crippen molar-refractivity contribution in [2.24, 2.45) is 0 Å². The second-order valence-corrected chi connectivity index (χ2v) is 8.54. The quantitative estimate of drug-likeness (QED) is 0.672. The summed E-state index contributed by atoms with van der Waals surface area (Å²) in [6.45, 7) is 0.106. The van der Waals surface area contributed by atoms with E-state index in [0.717, 1.165) is 25.7 Å². The van der Waals surface area contributed by atoms with Gasteiger partial charge >= 0.3 is 13.4 Å². The van der Waals surface area contributed by atoms with Gasteiger partial charge in [-0.2, -0.15) is 4.98 Å². The highest BCUT2D eigenvalue weighted by molar-refractivity contribution is 7.55. The van der Waals surface area contributed by atoms with Crippen LogP contribution >= 0.6 is 7.75 Å². The first-order valence-electron chi connectivity index (χ1n) is 9.25. The summed E-state index contributed by atoms with van der Waals surface area (Å²) >= 11 is 0. The van der Waals surface area contributed by atoms with Crippen LogP contribution in [0.4, 0.5) is 5.82 Å². The van der Waals surface area contributed by atoms with E-state index in [1.54, 1.807) is 0 Å². The molecule has 11 nitrogen and oxygen atoms in total. The number of aliphatic hydroxyl groups excluding tert-OH is 1. The minimum atomic E-state index is -3.71. The fraction of sp³-hybridized carbons (Fsp3) is 0.750. The van der Waals surface area contributed by atoms with Crippen molar-refractivity contribution in [2.75, 3.05) is 39.0 Å². The molecule has 1 aromatic rings. The molecule has 2 fully saturated rings. The molecule has 158 valence electrons. The van der Waals surface area contributed by atoms with Gasteiger partial charge in [0.05, 0.1) is 19.8 Å². The maximum atomic E-state index is 13.2. The predicted octanol–water partition coefficient (Wildman–Crippen LogP) is 1.12. The van der Waals surface area contributed by atoms with Crippen molar-refractivity contribution in [1.29, 1.82) is 0 Å². The van der Waals surface area contributed by atoms with Crippen LogP contribution in [0, 0.1) is 0 Å². The summed E-state index contributed by atoms with van der Waals surface area (Å²) in [5, 5.41) is 11.7. The van der Waals surface area contributed by atoms with E-state index in [-0.39, 0.29) is 31.9 Å². The van der Waals surface area contributed by atoms with Crippen molar-refractivity contribution in [3.63, 3.8) is 0 Å². The Balaban J connectivity index is 1.74. The molecule has 0 spiro atoms. The van der Waals surface area contributed by atoms with Crippen molar-refractivity contribution >= 4 is 13.6 Å². The Morgan fingerprint density at radius 2 is 2.21 bits per heavy atom. The summed E-state index contributed by atoms with van der Waals surface area (Å²) in [7, 11) is -0.0248. The van der Waals surface area contributed by atoms with Gasteiger partial charge in [-0.15, -0.1) is 0 Å². The second kappa shape index (κ2) is 9.45. The molecule has 2 N–H and O–H groups in total. The summed E-state index contributed by atoms with van der Waals surface area (Å²) in [6, 6.07) is 1.49. The fourth-order valence-electron chi connectivity index (χ4n) is 2.96. The van der Waals surface area contributed by atoms with Crippen molar-refractivity contribution < 1.29 is 28.2 Å². The average Bonchev–Trinajstić information content (AvgIpc) is 3.14. The van der Waals surface area contributed by atoms with Crippen LogP contribution in [0.25, 0.3) is 0 Å². The van der Waals surface area contributed by atoms with Crippen molar-refractivity contribution in [2.45, 2.75) is 44.4 Å². The Hall–Kier alpha value is -1.33. The minimum Gasteiger partial charge on any atom is -0.391 e. The lowest BCUT2D eigenvalue weighted by Gasteiger charge is -2.28. The van der Waals surface area contributed by atoms with E-state index in [9.17, 15) is 9.36 Å². The van der Waals surface area contributed by atoms with Crippen molar-refractivity contribution in [1.82, 2.24) is 14.5 Å². The largest absolute Gasteiger partial charge is 0.435 e. The number of anilines is 1. The molecule has 28 heavy (non-hydrogen) atoms. The van der Waals surface area contributed by atoms with Gasteiger partial charge in [0, 0.05) is 6.20 Å². The molecule has 0 aliphatic carbocycles. The Kier molecular flexibility index (Phi) is 7.21. The highest BCUT2D eigenvalue weighted by Gasteiger charge is 2.32. The van der Waals surface area contributed by atoms with E-state index in [4.69, 9.17) is 23.6 Å². The standard InChI is InChI=1S/C16H27N4O7P/c1-19(2)13-6-4-3-5-9-25-28(23,27-13)18-12-7-8-20(16(22)17-12)14-11-24-15(10-21)26-14/h7-8,13-15,21H,3-6,9-11H2,1-2H3,(H,17,18,22,23). The zero-order chi connectivity index (χ0) is 20.1. The van der Waals surface area contributed by atoms with Crippen molar-refractivity contribution in [3.05, 3.63) is 22.7 Å². The molecule has 0 aromatic carbocycles. The van der Waals surface area contributed by atoms with E-state index in [1.165, 1.54) is 16.8 Å². The normalized spacial score (nSPS) is 31.9. The molecule has 0 bridgehead atoms. The SMILES string of the molecule is CN(C)C1CCCCCOP(=O)(Nc2ccn(C3COC(CO)O3)c(=O)n2)O1.